The van der Waals surface area contributed by atoms with Gasteiger partial charge >= 0.3 is 0 Å². The summed E-state index contributed by atoms with van der Waals surface area (Å²) in [5.74, 6) is 0.739. The lowest BCUT2D eigenvalue weighted by atomic mass is 10.4. The number of ether oxygens (including phenoxy) is 1. The molecule has 8 heteroatoms. The van der Waals surface area contributed by atoms with E-state index >= 15 is 0 Å². The number of rotatable bonds is 8. The van der Waals surface area contributed by atoms with Crippen LogP contribution < -0.4 is 4.72 Å². The largest absolute Gasteiger partial charge is 0.467 e. The van der Waals surface area contributed by atoms with Crippen molar-refractivity contribution in [1.82, 2.24) is 9.71 Å². The third kappa shape index (κ3) is 5.13. The zero-order valence-corrected chi connectivity index (χ0v) is 12.7. The van der Waals surface area contributed by atoms with Gasteiger partial charge in [-0.15, -0.1) is 0 Å². The summed E-state index contributed by atoms with van der Waals surface area (Å²) in [7, 11) is -3.55. The van der Waals surface area contributed by atoms with Crippen molar-refractivity contribution in [3.8, 4) is 0 Å². The van der Waals surface area contributed by atoms with Gasteiger partial charge in [0.25, 0.3) is 0 Å². The Kier molecular flexibility index (Phi) is 5.75. The molecule has 0 aliphatic carbocycles. The minimum Gasteiger partial charge on any atom is -0.467 e. The average molecular weight is 331 g/mol. The Hall–Kier alpha value is -1.41. The van der Waals surface area contributed by atoms with Gasteiger partial charge in [-0.1, -0.05) is 11.6 Å². The zero-order chi connectivity index (χ0) is 15.1. The van der Waals surface area contributed by atoms with Crippen LogP contribution in [-0.2, 0) is 21.4 Å². The summed E-state index contributed by atoms with van der Waals surface area (Å²) < 4.78 is 36.8. The van der Waals surface area contributed by atoms with Crippen molar-refractivity contribution in [2.75, 3.05) is 13.2 Å². The summed E-state index contributed by atoms with van der Waals surface area (Å²) in [6, 6.07) is 6.44. The lowest BCUT2D eigenvalue weighted by molar-refractivity contribution is 0.105. The van der Waals surface area contributed by atoms with Crippen molar-refractivity contribution in [2.45, 2.75) is 17.9 Å². The predicted octanol–water partition coefficient (Wildman–Crippen LogP) is 2.21. The van der Waals surface area contributed by atoms with Crippen LogP contribution in [0.25, 0.3) is 0 Å². The van der Waals surface area contributed by atoms with E-state index in [1.807, 2.05) is 6.07 Å². The Morgan fingerprint density at radius 2 is 2.19 bits per heavy atom. The van der Waals surface area contributed by atoms with Gasteiger partial charge in [0.1, 0.15) is 22.4 Å². The highest BCUT2D eigenvalue weighted by Crippen LogP contribution is 2.10. The first-order chi connectivity index (χ1) is 10.1. The summed E-state index contributed by atoms with van der Waals surface area (Å²) in [5, 5.41) is 0.250. The summed E-state index contributed by atoms with van der Waals surface area (Å²) in [4.78, 5) is 3.83. The van der Waals surface area contributed by atoms with Crippen molar-refractivity contribution in [2.24, 2.45) is 0 Å². The van der Waals surface area contributed by atoms with Gasteiger partial charge in [0, 0.05) is 19.3 Å². The first kappa shape index (κ1) is 16.0. The van der Waals surface area contributed by atoms with Crippen LogP contribution in [0, 0.1) is 0 Å². The lowest BCUT2D eigenvalue weighted by Gasteiger charge is -2.06. The fourth-order valence-corrected chi connectivity index (χ4v) is 2.68. The molecule has 0 amide bonds. The Morgan fingerprint density at radius 1 is 1.33 bits per heavy atom. The Morgan fingerprint density at radius 3 is 2.86 bits per heavy atom. The molecule has 0 radical (unpaired) electrons. The second-order valence-electron chi connectivity index (χ2n) is 4.20. The van der Waals surface area contributed by atoms with Gasteiger partial charge in [-0.05, 0) is 30.7 Å². The average Bonchev–Trinajstić information content (AvgIpc) is 2.96. The third-order valence-electron chi connectivity index (χ3n) is 2.59. The molecule has 0 saturated heterocycles. The van der Waals surface area contributed by atoms with E-state index < -0.39 is 10.0 Å². The van der Waals surface area contributed by atoms with Crippen molar-refractivity contribution < 1.29 is 17.6 Å². The molecule has 0 atom stereocenters. The summed E-state index contributed by atoms with van der Waals surface area (Å²) >= 11 is 5.62. The fraction of sp³-hybridized carbons (Fsp3) is 0.308. The van der Waals surface area contributed by atoms with Crippen LogP contribution in [-0.4, -0.2) is 26.6 Å². The van der Waals surface area contributed by atoms with Crippen LogP contribution in [0.15, 0.2) is 46.0 Å². The van der Waals surface area contributed by atoms with E-state index in [9.17, 15) is 8.42 Å². The molecule has 0 aromatic carbocycles. The number of hydrogen-bond donors (Lipinski definition) is 1. The molecule has 0 fully saturated rings. The van der Waals surface area contributed by atoms with Crippen molar-refractivity contribution >= 4 is 21.6 Å². The van der Waals surface area contributed by atoms with Crippen molar-refractivity contribution in [3.05, 3.63) is 47.6 Å². The van der Waals surface area contributed by atoms with Gasteiger partial charge in [-0.2, -0.15) is 0 Å². The molecule has 0 unspecified atom stereocenters. The number of nitrogens with one attached hydrogen (secondary N) is 1. The summed E-state index contributed by atoms with van der Waals surface area (Å²) in [6.07, 6.45) is 3.35. The van der Waals surface area contributed by atoms with E-state index in [1.165, 1.54) is 18.3 Å². The van der Waals surface area contributed by atoms with Gasteiger partial charge in [0.15, 0.2) is 0 Å². The predicted molar refractivity (Wildman–Crippen MR) is 77.4 cm³/mol. The van der Waals surface area contributed by atoms with Crippen LogP contribution in [0.2, 0.25) is 5.15 Å². The van der Waals surface area contributed by atoms with E-state index in [2.05, 4.69) is 9.71 Å². The van der Waals surface area contributed by atoms with E-state index in [-0.39, 0.29) is 16.6 Å². The second-order valence-corrected chi connectivity index (χ2v) is 6.35. The topological polar surface area (TPSA) is 81.4 Å². The molecule has 21 heavy (non-hydrogen) atoms. The third-order valence-corrected chi connectivity index (χ3v) is 4.26. The highest BCUT2D eigenvalue weighted by molar-refractivity contribution is 7.89. The number of nitrogens with zero attached hydrogens (tertiary/aromatic N) is 1. The number of sulfonamides is 1. The molecular formula is C13H15ClN2O4S. The number of furan rings is 1. The number of pyridine rings is 1. The SMILES string of the molecule is O=S(=O)(NCCCOCc1ccco1)c1ccc(Cl)nc1. The molecule has 2 heterocycles. The minimum atomic E-state index is -3.55. The first-order valence-electron chi connectivity index (χ1n) is 6.29. The molecule has 2 aromatic heterocycles. The molecule has 2 aromatic rings. The van der Waals surface area contributed by atoms with Crippen LogP contribution in [0.1, 0.15) is 12.2 Å². The van der Waals surface area contributed by atoms with Crippen molar-refractivity contribution in [3.63, 3.8) is 0 Å². The molecule has 6 nitrogen and oxygen atoms in total. The molecule has 0 saturated carbocycles. The van der Waals surface area contributed by atoms with Crippen LogP contribution >= 0.6 is 11.6 Å². The van der Waals surface area contributed by atoms with E-state index in [1.54, 1.807) is 12.3 Å². The molecule has 0 aliphatic heterocycles. The van der Waals surface area contributed by atoms with Crippen LogP contribution in [0.4, 0.5) is 0 Å². The van der Waals surface area contributed by atoms with Gasteiger partial charge in [0.2, 0.25) is 10.0 Å². The van der Waals surface area contributed by atoms with E-state index in [4.69, 9.17) is 20.8 Å². The second kappa shape index (κ2) is 7.56. The first-order valence-corrected chi connectivity index (χ1v) is 8.15. The molecule has 0 spiro atoms. The lowest BCUT2D eigenvalue weighted by Crippen LogP contribution is -2.25. The maximum absolute atomic E-state index is 11.9. The van der Waals surface area contributed by atoms with E-state index in [0.29, 0.717) is 19.6 Å². The standard InChI is InChI=1S/C13H15ClN2O4S/c14-13-5-4-12(9-15-13)21(17,18)16-6-2-7-19-10-11-3-1-8-20-11/h1,3-5,8-9,16H,2,6-7,10H2. The smallest absolute Gasteiger partial charge is 0.242 e. The maximum Gasteiger partial charge on any atom is 0.242 e. The summed E-state index contributed by atoms with van der Waals surface area (Å²) in [6.45, 7) is 1.09. The van der Waals surface area contributed by atoms with Gasteiger partial charge in [-0.25, -0.2) is 18.1 Å². The Balaban J connectivity index is 1.69. The molecule has 0 aliphatic rings. The minimum absolute atomic E-state index is 0.0865. The number of aromatic nitrogens is 1. The molecular weight excluding hydrogens is 316 g/mol. The normalized spacial score (nSPS) is 11.7. The quantitative estimate of drug-likeness (QED) is 0.593. The Bertz CT molecular complexity index is 641. The van der Waals surface area contributed by atoms with Gasteiger partial charge in [-0.3, -0.25) is 0 Å². The number of hydrogen-bond acceptors (Lipinski definition) is 5. The Labute approximate surface area is 128 Å². The van der Waals surface area contributed by atoms with Gasteiger partial charge in [0.05, 0.1) is 6.26 Å². The van der Waals surface area contributed by atoms with E-state index in [0.717, 1.165) is 5.76 Å². The molecule has 0 bridgehead atoms. The maximum atomic E-state index is 11.9. The zero-order valence-electron chi connectivity index (χ0n) is 11.2. The highest BCUT2D eigenvalue weighted by atomic mass is 35.5. The number of halogens is 1. The summed E-state index contributed by atoms with van der Waals surface area (Å²) in [5.41, 5.74) is 0. The fourth-order valence-electron chi connectivity index (χ4n) is 1.55. The van der Waals surface area contributed by atoms with Gasteiger partial charge < -0.3 is 9.15 Å². The van der Waals surface area contributed by atoms with Crippen LogP contribution in [0.3, 0.4) is 0 Å². The monoisotopic (exact) mass is 330 g/mol. The van der Waals surface area contributed by atoms with Crippen LogP contribution in [0.5, 0.6) is 0 Å². The molecule has 1 N–H and O–H groups in total. The molecule has 2 rings (SSSR count). The van der Waals surface area contributed by atoms with Crippen molar-refractivity contribution in [1.29, 1.82) is 0 Å². The highest BCUT2D eigenvalue weighted by Gasteiger charge is 2.13. The molecule has 114 valence electrons.